The van der Waals surface area contributed by atoms with Gasteiger partial charge in [-0.1, -0.05) is 26.2 Å². The number of piperidine rings is 1. The number of likely N-dealkylation sites (tertiary alicyclic amines) is 1. The van der Waals surface area contributed by atoms with Gasteiger partial charge in [0.1, 0.15) is 24.2 Å². The Bertz CT molecular complexity index is 1030. The highest BCUT2D eigenvalue weighted by atomic mass is 32.2. The Morgan fingerprint density at radius 1 is 1.21 bits per heavy atom. The summed E-state index contributed by atoms with van der Waals surface area (Å²) in [7, 11) is -1.32. The zero-order valence-electron chi connectivity index (χ0n) is 22.5. The van der Waals surface area contributed by atoms with E-state index in [9.17, 15) is 19.2 Å². The number of hydrogen-bond donors (Lipinski definition) is 4. The average Bonchev–Trinajstić information content (AvgIpc) is 2.92. The second kappa shape index (κ2) is 15.8. The van der Waals surface area contributed by atoms with Gasteiger partial charge in [-0.15, -0.1) is 0 Å². The largest absolute Gasteiger partial charge is 0.507 e. The number of hydrogen-bond acceptors (Lipinski definition) is 8. The number of aliphatic hydroxyl groups is 1. The van der Waals surface area contributed by atoms with Crippen LogP contribution in [0.2, 0.25) is 0 Å². The van der Waals surface area contributed by atoms with Crippen LogP contribution in [0.1, 0.15) is 61.5 Å². The lowest BCUT2D eigenvalue weighted by Gasteiger charge is -2.32. The number of nitrogens with one attached hydrogen (secondary N) is 2. The summed E-state index contributed by atoms with van der Waals surface area (Å²) in [5, 5.41) is 26.5. The van der Waals surface area contributed by atoms with E-state index >= 15 is 0 Å². The van der Waals surface area contributed by atoms with Crippen LogP contribution in [0.4, 0.5) is 0 Å². The van der Waals surface area contributed by atoms with Crippen molar-refractivity contribution in [1.82, 2.24) is 20.5 Å². The van der Waals surface area contributed by atoms with E-state index in [4.69, 9.17) is 4.74 Å². The number of nitrogens with zero attached hydrogens (tertiary/aromatic N) is 2. The number of amides is 1. The molecule has 3 rings (SSSR count). The third kappa shape index (κ3) is 9.98. The second-order valence-electron chi connectivity index (χ2n) is 9.86. The van der Waals surface area contributed by atoms with Crippen molar-refractivity contribution < 1.29 is 24.0 Å². The topological polar surface area (TPSA) is 124 Å². The SMILES string of the molecule is CCCCCCNC(=O)c1ccc(CN2CCC(NCC(O)COc3ccc(O)c(S(C)=O)c3)CC2)nc1. The van der Waals surface area contributed by atoms with Crippen LogP contribution in [0, 0.1) is 0 Å². The van der Waals surface area contributed by atoms with Gasteiger partial charge in [0, 0.05) is 51.2 Å². The number of pyridine rings is 1. The number of aromatic hydroxyl groups is 1. The molecule has 38 heavy (non-hydrogen) atoms. The molecular weight excluding hydrogens is 504 g/mol. The maximum absolute atomic E-state index is 12.3. The molecule has 9 nitrogen and oxygen atoms in total. The molecule has 2 heterocycles. The van der Waals surface area contributed by atoms with E-state index in [1.54, 1.807) is 12.3 Å². The molecule has 0 spiro atoms. The van der Waals surface area contributed by atoms with Gasteiger partial charge >= 0.3 is 0 Å². The molecule has 0 aliphatic carbocycles. The molecule has 2 atom stereocenters. The summed E-state index contributed by atoms with van der Waals surface area (Å²) < 4.78 is 17.3. The number of ether oxygens (including phenoxy) is 1. The summed E-state index contributed by atoms with van der Waals surface area (Å²) in [6, 6.07) is 8.67. The van der Waals surface area contributed by atoms with Crippen molar-refractivity contribution >= 4 is 16.7 Å². The first-order valence-corrected chi connectivity index (χ1v) is 15.1. The minimum atomic E-state index is -1.32. The first-order valence-electron chi connectivity index (χ1n) is 13.5. The fourth-order valence-corrected chi connectivity index (χ4v) is 5.05. The Morgan fingerprint density at radius 3 is 2.68 bits per heavy atom. The van der Waals surface area contributed by atoms with Crippen LogP contribution in [0.5, 0.6) is 11.5 Å². The normalized spacial score (nSPS) is 16.2. The van der Waals surface area contributed by atoms with E-state index < -0.39 is 16.9 Å². The molecule has 1 aliphatic rings. The number of carbonyl (C=O) groups is 1. The molecule has 1 amide bonds. The molecule has 10 heteroatoms. The fraction of sp³-hybridized carbons (Fsp3) is 0.571. The fourth-order valence-electron chi connectivity index (χ4n) is 4.40. The number of rotatable bonds is 15. The van der Waals surface area contributed by atoms with Crippen LogP contribution in [-0.2, 0) is 17.3 Å². The zero-order chi connectivity index (χ0) is 27.3. The van der Waals surface area contributed by atoms with Gasteiger partial charge in [-0.2, -0.15) is 0 Å². The highest BCUT2D eigenvalue weighted by molar-refractivity contribution is 7.84. The molecular formula is C28H42N4O5S. The van der Waals surface area contributed by atoms with Crippen LogP contribution >= 0.6 is 0 Å². The molecule has 2 unspecified atom stereocenters. The molecule has 1 saturated heterocycles. The standard InChI is InChI=1S/C28H42N4O5S/c1-3-4-5-6-13-29-28(35)21-7-8-23(30-17-21)19-32-14-11-22(12-15-32)31-18-24(33)20-37-25-9-10-26(34)27(16-25)38(2)36/h7-10,16-17,22,24,31,33-34H,3-6,11-15,18-20H2,1-2H3,(H,29,35). The van der Waals surface area contributed by atoms with Crippen LogP contribution in [0.15, 0.2) is 41.4 Å². The van der Waals surface area contributed by atoms with E-state index in [0.717, 1.165) is 51.0 Å². The van der Waals surface area contributed by atoms with Crippen molar-refractivity contribution in [2.24, 2.45) is 0 Å². The smallest absolute Gasteiger partial charge is 0.252 e. The summed E-state index contributed by atoms with van der Waals surface area (Å²) in [5.41, 5.74) is 1.55. The molecule has 1 aliphatic heterocycles. The van der Waals surface area contributed by atoms with Gasteiger partial charge in [-0.25, -0.2) is 0 Å². The van der Waals surface area contributed by atoms with Crippen LogP contribution in [-0.4, -0.2) is 81.4 Å². The lowest BCUT2D eigenvalue weighted by atomic mass is 10.0. The van der Waals surface area contributed by atoms with Crippen molar-refractivity contribution in [3.05, 3.63) is 47.8 Å². The second-order valence-corrected chi connectivity index (χ2v) is 11.2. The molecule has 0 bridgehead atoms. The van der Waals surface area contributed by atoms with Gasteiger partial charge in [0.15, 0.2) is 0 Å². The van der Waals surface area contributed by atoms with Crippen molar-refractivity contribution in [1.29, 1.82) is 0 Å². The Labute approximate surface area is 228 Å². The van der Waals surface area contributed by atoms with Crippen molar-refractivity contribution in [2.75, 3.05) is 39.0 Å². The number of benzene rings is 1. The Morgan fingerprint density at radius 2 is 2.00 bits per heavy atom. The predicted octanol–water partition coefficient (Wildman–Crippen LogP) is 2.83. The Kier molecular flexibility index (Phi) is 12.5. The van der Waals surface area contributed by atoms with Crippen LogP contribution < -0.4 is 15.4 Å². The van der Waals surface area contributed by atoms with E-state index in [1.807, 2.05) is 12.1 Å². The average molecular weight is 547 g/mol. The van der Waals surface area contributed by atoms with E-state index in [-0.39, 0.29) is 18.3 Å². The number of carbonyl (C=O) groups excluding carboxylic acids is 1. The van der Waals surface area contributed by atoms with Crippen molar-refractivity contribution in [2.45, 2.75) is 69.0 Å². The van der Waals surface area contributed by atoms with Gasteiger partial charge in [-0.05, 0) is 49.6 Å². The van der Waals surface area contributed by atoms with Crippen molar-refractivity contribution in [3.8, 4) is 11.5 Å². The quantitative estimate of drug-likeness (QED) is 0.252. The van der Waals surface area contributed by atoms with E-state index in [0.29, 0.717) is 35.3 Å². The number of phenolic OH excluding ortho intramolecular Hbond substituents is 1. The van der Waals surface area contributed by atoms with Gasteiger partial charge in [0.05, 0.1) is 27.0 Å². The van der Waals surface area contributed by atoms with Crippen LogP contribution in [0.3, 0.4) is 0 Å². The highest BCUT2D eigenvalue weighted by Gasteiger charge is 2.20. The van der Waals surface area contributed by atoms with Crippen LogP contribution in [0.25, 0.3) is 0 Å². The number of unbranched alkanes of at least 4 members (excludes halogenated alkanes) is 3. The van der Waals surface area contributed by atoms with Gasteiger partial charge < -0.3 is 25.6 Å². The lowest BCUT2D eigenvalue weighted by Crippen LogP contribution is -2.45. The van der Waals surface area contributed by atoms with Gasteiger partial charge in [-0.3, -0.25) is 18.9 Å². The summed E-state index contributed by atoms with van der Waals surface area (Å²) in [5.74, 6) is 0.366. The molecule has 2 aromatic rings. The predicted molar refractivity (Wildman–Crippen MR) is 149 cm³/mol. The Balaban J connectivity index is 1.32. The molecule has 0 saturated carbocycles. The first kappa shape index (κ1) is 30.0. The summed E-state index contributed by atoms with van der Waals surface area (Å²) in [6.07, 6.45) is 8.93. The number of aromatic nitrogens is 1. The zero-order valence-corrected chi connectivity index (χ0v) is 23.3. The third-order valence-corrected chi connectivity index (χ3v) is 7.65. The summed E-state index contributed by atoms with van der Waals surface area (Å²) in [6.45, 7) is 6.00. The minimum Gasteiger partial charge on any atom is -0.507 e. The molecule has 210 valence electrons. The van der Waals surface area contributed by atoms with Crippen molar-refractivity contribution in [3.63, 3.8) is 0 Å². The maximum Gasteiger partial charge on any atom is 0.252 e. The molecule has 1 aromatic carbocycles. The third-order valence-electron chi connectivity index (χ3n) is 6.70. The monoisotopic (exact) mass is 546 g/mol. The van der Waals surface area contributed by atoms with E-state index in [2.05, 4.69) is 27.4 Å². The van der Waals surface area contributed by atoms with E-state index in [1.165, 1.54) is 31.2 Å². The Hall–Kier alpha value is -2.53. The number of phenols is 1. The molecule has 1 fully saturated rings. The van der Waals surface area contributed by atoms with Gasteiger partial charge in [0.25, 0.3) is 5.91 Å². The number of aliphatic hydroxyl groups excluding tert-OH is 1. The maximum atomic E-state index is 12.3. The molecule has 4 N–H and O–H groups in total. The lowest BCUT2D eigenvalue weighted by molar-refractivity contribution is 0.0952. The molecule has 1 aromatic heterocycles. The minimum absolute atomic E-state index is 0.0320. The first-order chi connectivity index (χ1) is 18.4. The summed E-state index contributed by atoms with van der Waals surface area (Å²) >= 11 is 0. The highest BCUT2D eigenvalue weighted by Crippen LogP contribution is 2.25. The van der Waals surface area contributed by atoms with Gasteiger partial charge in [0.2, 0.25) is 0 Å². The summed E-state index contributed by atoms with van der Waals surface area (Å²) in [4.78, 5) is 19.4. The molecule has 0 radical (unpaired) electrons.